The molecule has 0 spiro atoms. The van der Waals surface area contributed by atoms with Gasteiger partial charge in [-0.25, -0.2) is 4.79 Å². The van der Waals surface area contributed by atoms with E-state index in [1.54, 1.807) is 0 Å². The van der Waals surface area contributed by atoms with E-state index in [-0.39, 0.29) is 18.1 Å². The van der Waals surface area contributed by atoms with Gasteiger partial charge in [-0.1, -0.05) is 0 Å². The average Bonchev–Trinajstić information content (AvgIpc) is 2.43. The van der Waals surface area contributed by atoms with Crippen molar-refractivity contribution in [3.63, 3.8) is 0 Å². The molecule has 7 heteroatoms. The molecule has 0 aliphatic carbocycles. The number of hydrogen-bond acceptors (Lipinski definition) is 4. The highest BCUT2D eigenvalue weighted by atomic mass is 16.5. The van der Waals surface area contributed by atoms with Crippen molar-refractivity contribution in [1.29, 1.82) is 0 Å². The van der Waals surface area contributed by atoms with Crippen molar-refractivity contribution < 1.29 is 19.4 Å². The van der Waals surface area contributed by atoms with E-state index < -0.39 is 11.4 Å². The molecule has 0 aromatic carbocycles. The molecule has 1 saturated heterocycles. The van der Waals surface area contributed by atoms with Crippen LogP contribution in [0.4, 0.5) is 4.79 Å². The van der Waals surface area contributed by atoms with Crippen molar-refractivity contribution in [2.24, 2.45) is 5.41 Å². The van der Waals surface area contributed by atoms with Crippen molar-refractivity contribution in [3.05, 3.63) is 0 Å². The standard InChI is InChI=1S/C14H27N3O4/c1-13(2,17(3)4)9-15-12(20)16-10-14(11(18)19)5-7-21-8-6-14/h5-10H2,1-4H3,(H,18,19)(H2,15,16,20). The Morgan fingerprint density at radius 1 is 1.24 bits per heavy atom. The van der Waals surface area contributed by atoms with Gasteiger partial charge in [-0.05, 0) is 40.8 Å². The summed E-state index contributed by atoms with van der Waals surface area (Å²) in [5.41, 5.74) is -1.08. The fourth-order valence-corrected chi connectivity index (χ4v) is 2.00. The Morgan fingerprint density at radius 2 is 1.81 bits per heavy atom. The predicted octanol–water partition coefficient (Wildman–Crippen LogP) is 0.507. The minimum absolute atomic E-state index is 0.125. The first kappa shape index (κ1) is 17.7. The quantitative estimate of drug-likeness (QED) is 0.665. The molecule has 1 heterocycles. The molecule has 0 aromatic heterocycles. The fourth-order valence-electron chi connectivity index (χ4n) is 2.00. The van der Waals surface area contributed by atoms with E-state index in [1.807, 2.05) is 32.8 Å². The molecule has 1 aliphatic rings. The lowest BCUT2D eigenvalue weighted by atomic mass is 9.80. The van der Waals surface area contributed by atoms with Crippen LogP contribution in [0.25, 0.3) is 0 Å². The number of rotatable bonds is 6. The zero-order valence-electron chi connectivity index (χ0n) is 13.4. The van der Waals surface area contributed by atoms with Crippen molar-refractivity contribution >= 4 is 12.0 Å². The monoisotopic (exact) mass is 301 g/mol. The molecular formula is C14H27N3O4. The third-order valence-electron chi connectivity index (χ3n) is 4.38. The highest BCUT2D eigenvalue weighted by Crippen LogP contribution is 2.29. The molecule has 1 fully saturated rings. The summed E-state index contributed by atoms with van der Waals surface area (Å²) in [6.45, 7) is 5.48. The number of nitrogens with one attached hydrogen (secondary N) is 2. The van der Waals surface area contributed by atoms with Crippen LogP contribution in [0.2, 0.25) is 0 Å². The smallest absolute Gasteiger partial charge is 0.314 e. The highest BCUT2D eigenvalue weighted by Gasteiger charge is 2.40. The summed E-state index contributed by atoms with van der Waals surface area (Å²) in [6.07, 6.45) is 0.845. The first-order valence-corrected chi connectivity index (χ1v) is 7.20. The topological polar surface area (TPSA) is 90.9 Å². The molecule has 0 bridgehead atoms. The Balaban J connectivity index is 2.46. The zero-order chi connectivity index (χ0) is 16.1. The van der Waals surface area contributed by atoms with Crippen LogP contribution in [0.3, 0.4) is 0 Å². The number of nitrogens with zero attached hydrogens (tertiary/aromatic N) is 1. The number of aliphatic carboxylic acids is 1. The SMILES string of the molecule is CN(C)C(C)(C)CNC(=O)NCC1(C(=O)O)CCOCC1. The van der Waals surface area contributed by atoms with Crippen LogP contribution in [-0.2, 0) is 9.53 Å². The summed E-state index contributed by atoms with van der Waals surface area (Å²) >= 11 is 0. The normalized spacial score (nSPS) is 18.3. The van der Waals surface area contributed by atoms with Crippen LogP contribution in [0.15, 0.2) is 0 Å². The van der Waals surface area contributed by atoms with Crippen LogP contribution < -0.4 is 10.6 Å². The van der Waals surface area contributed by atoms with Gasteiger partial charge in [0.05, 0.1) is 5.41 Å². The molecule has 0 saturated carbocycles. The van der Waals surface area contributed by atoms with E-state index in [2.05, 4.69) is 10.6 Å². The van der Waals surface area contributed by atoms with Gasteiger partial charge in [0.2, 0.25) is 0 Å². The second-order valence-corrected chi connectivity index (χ2v) is 6.44. The van der Waals surface area contributed by atoms with Crippen LogP contribution in [0, 0.1) is 5.41 Å². The number of likely N-dealkylation sites (N-methyl/N-ethyl adjacent to an activating group) is 1. The number of carboxylic acid groups (broad SMARTS) is 1. The Hall–Kier alpha value is -1.34. The molecule has 3 N–H and O–H groups in total. The number of carbonyl (C=O) groups excluding carboxylic acids is 1. The lowest BCUT2D eigenvalue weighted by Gasteiger charge is -2.34. The number of carboxylic acids is 1. The molecule has 0 radical (unpaired) electrons. The summed E-state index contributed by atoms with van der Waals surface area (Å²) in [7, 11) is 3.89. The molecule has 0 aromatic rings. The summed E-state index contributed by atoms with van der Waals surface area (Å²) in [6, 6.07) is -0.336. The van der Waals surface area contributed by atoms with Gasteiger partial charge in [-0.15, -0.1) is 0 Å². The van der Waals surface area contributed by atoms with E-state index in [1.165, 1.54) is 0 Å². The number of urea groups is 1. The Labute approximate surface area is 126 Å². The number of amides is 2. The van der Waals surface area contributed by atoms with Gasteiger partial charge in [-0.3, -0.25) is 4.79 Å². The largest absolute Gasteiger partial charge is 0.481 e. The lowest BCUT2D eigenvalue weighted by molar-refractivity contribution is -0.154. The second kappa shape index (κ2) is 7.09. The van der Waals surface area contributed by atoms with E-state index in [9.17, 15) is 14.7 Å². The molecule has 21 heavy (non-hydrogen) atoms. The minimum Gasteiger partial charge on any atom is -0.481 e. The van der Waals surface area contributed by atoms with Crippen LogP contribution in [-0.4, -0.2) is 67.9 Å². The van der Waals surface area contributed by atoms with Crippen molar-refractivity contribution in [3.8, 4) is 0 Å². The van der Waals surface area contributed by atoms with Gasteiger partial charge in [0.25, 0.3) is 0 Å². The maximum atomic E-state index is 11.9. The number of hydrogen-bond donors (Lipinski definition) is 3. The third kappa shape index (κ3) is 4.86. The number of carbonyl (C=O) groups is 2. The molecule has 1 aliphatic heterocycles. The van der Waals surface area contributed by atoms with Gasteiger partial charge >= 0.3 is 12.0 Å². The molecular weight excluding hydrogens is 274 g/mol. The second-order valence-electron chi connectivity index (χ2n) is 6.44. The van der Waals surface area contributed by atoms with Gasteiger partial charge in [-0.2, -0.15) is 0 Å². The summed E-state index contributed by atoms with van der Waals surface area (Å²) in [5.74, 6) is -0.875. The third-order valence-corrected chi connectivity index (χ3v) is 4.38. The van der Waals surface area contributed by atoms with Gasteiger partial charge in [0, 0.05) is 31.8 Å². The molecule has 0 atom stereocenters. The number of ether oxygens (including phenoxy) is 1. The van der Waals surface area contributed by atoms with Crippen molar-refractivity contribution in [1.82, 2.24) is 15.5 Å². The Kier molecular flexibility index (Phi) is 5.98. The van der Waals surface area contributed by atoms with Gasteiger partial charge in [0.15, 0.2) is 0 Å². The first-order valence-electron chi connectivity index (χ1n) is 7.20. The van der Waals surface area contributed by atoms with E-state index >= 15 is 0 Å². The maximum absolute atomic E-state index is 11.9. The fraction of sp³-hybridized carbons (Fsp3) is 0.857. The molecule has 7 nitrogen and oxygen atoms in total. The maximum Gasteiger partial charge on any atom is 0.314 e. The van der Waals surface area contributed by atoms with Crippen LogP contribution >= 0.6 is 0 Å². The summed E-state index contributed by atoms with van der Waals surface area (Å²) in [4.78, 5) is 25.3. The Morgan fingerprint density at radius 3 is 2.29 bits per heavy atom. The van der Waals surface area contributed by atoms with E-state index in [0.717, 1.165) is 0 Å². The lowest BCUT2D eigenvalue weighted by Crippen LogP contribution is -2.53. The summed E-state index contributed by atoms with van der Waals surface area (Å²) in [5, 5.41) is 14.9. The van der Waals surface area contributed by atoms with E-state index in [4.69, 9.17) is 4.74 Å². The van der Waals surface area contributed by atoms with Crippen LogP contribution in [0.1, 0.15) is 26.7 Å². The molecule has 1 rings (SSSR count). The van der Waals surface area contributed by atoms with E-state index in [0.29, 0.717) is 32.6 Å². The Bertz CT molecular complexity index is 376. The predicted molar refractivity (Wildman–Crippen MR) is 79.3 cm³/mol. The summed E-state index contributed by atoms with van der Waals surface area (Å²) < 4.78 is 5.20. The minimum atomic E-state index is -0.910. The van der Waals surface area contributed by atoms with Crippen molar-refractivity contribution in [2.45, 2.75) is 32.2 Å². The molecule has 2 amide bonds. The zero-order valence-corrected chi connectivity index (χ0v) is 13.4. The molecule has 122 valence electrons. The first-order chi connectivity index (χ1) is 9.69. The van der Waals surface area contributed by atoms with Gasteiger partial charge < -0.3 is 25.4 Å². The van der Waals surface area contributed by atoms with Crippen LogP contribution in [0.5, 0.6) is 0 Å². The average molecular weight is 301 g/mol. The highest BCUT2D eigenvalue weighted by molar-refractivity contribution is 5.78. The van der Waals surface area contributed by atoms with Gasteiger partial charge in [0.1, 0.15) is 0 Å². The van der Waals surface area contributed by atoms with Crippen molar-refractivity contribution in [2.75, 3.05) is 40.4 Å². The molecule has 0 unspecified atom stereocenters.